The predicted octanol–water partition coefficient (Wildman–Crippen LogP) is 3.55. The van der Waals surface area contributed by atoms with Crippen molar-refractivity contribution in [3.05, 3.63) is 91.0 Å². The summed E-state index contributed by atoms with van der Waals surface area (Å²) in [5.74, 6) is -2.22. The molecule has 0 saturated heterocycles. The van der Waals surface area contributed by atoms with Crippen LogP contribution in [0.25, 0.3) is 0 Å². The number of ether oxygens (including phenoxy) is 2. The minimum absolute atomic E-state index is 0.0326. The summed E-state index contributed by atoms with van der Waals surface area (Å²) < 4.78 is 9.74. The maximum absolute atomic E-state index is 12.9. The first-order chi connectivity index (χ1) is 25.0. The second-order valence-corrected chi connectivity index (χ2v) is 23.3. The summed E-state index contributed by atoms with van der Waals surface area (Å²) in [6.45, 7) is 3.75. The number of hydrogen-bond donors (Lipinski definition) is 4. The number of esters is 2. The Morgan fingerprint density at radius 1 is 0.769 bits per heavy atom. The van der Waals surface area contributed by atoms with Crippen LogP contribution in [0.4, 0.5) is 0 Å². The SMILES string of the molecule is CCOC(=O)CNC(=O)[C@H](CSSCC(=O)NCCCP(Br)(c1ccccc1)(c1ccccc1)c1ccccc1)NC(=O)CC[C@H](N)C(=O)OCC. The van der Waals surface area contributed by atoms with Gasteiger partial charge in [0.05, 0.1) is 13.2 Å². The summed E-state index contributed by atoms with van der Waals surface area (Å²) in [4.78, 5) is 62.1. The maximum atomic E-state index is 12.9. The Morgan fingerprint density at radius 2 is 1.31 bits per heavy atom. The molecule has 0 radical (unpaired) electrons. The summed E-state index contributed by atoms with van der Waals surface area (Å²) in [5, 5.41) is 8.67. The normalized spacial score (nSPS) is 13.0. The zero-order valence-electron chi connectivity index (χ0n) is 29.5. The number of carbonyl (C=O) groups excluding carboxylic acids is 5. The van der Waals surface area contributed by atoms with Crippen molar-refractivity contribution in [2.45, 2.75) is 45.2 Å². The molecule has 0 aromatic heterocycles. The molecule has 3 rings (SSSR count). The Bertz CT molecular complexity index is 1510. The fourth-order valence-electron chi connectivity index (χ4n) is 5.51. The summed E-state index contributed by atoms with van der Waals surface area (Å²) in [5.41, 5.74) is 5.80. The third-order valence-corrected chi connectivity index (χ3v) is 20.4. The average molecular weight is 836 g/mol. The number of halogens is 1. The molecule has 3 aromatic carbocycles. The van der Waals surface area contributed by atoms with Crippen LogP contribution in [-0.2, 0) is 33.4 Å². The van der Waals surface area contributed by atoms with E-state index in [0.29, 0.717) is 13.0 Å². The van der Waals surface area contributed by atoms with Gasteiger partial charge in [0.2, 0.25) is 0 Å². The van der Waals surface area contributed by atoms with Crippen molar-refractivity contribution >= 4 is 88.0 Å². The van der Waals surface area contributed by atoms with Crippen molar-refractivity contribution in [1.82, 2.24) is 16.0 Å². The molecular formula is C37H48BrN4O7PS2. The zero-order valence-corrected chi connectivity index (χ0v) is 33.6. The van der Waals surface area contributed by atoms with Gasteiger partial charge in [-0.1, -0.05) is 0 Å². The number of rotatable bonds is 22. The van der Waals surface area contributed by atoms with Gasteiger partial charge in [0.25, 0.3) is 0 Å². The third-order valence-electron chi connectivity index (χ3n) is 8.10. The van der Waals surface area contributed by atoms with Crippen molar-refractivity contribution < 1.29 is 33.4 Å². The zero-order chi connectivity index (χ0) is 37.8. The Hall–Kier alpha value is -3.42. The molecule has 0 aliphatic heterocycles. The molecule has 5 N–H and O–H groups in total. The van der Waals surface area contributed by atoms with E-state index in [1.165, 1.54) is 37.5 Å². The van der Waals surface area contributed by atoms with Crippen LogP contribution in [0.2, 0.25) is 0 Å². The number of hydrogen-bond acceptors (Lipinski definition) is 10. The van der Waals surface area contributed by atoms with Gasteiger partial charge in [-0.25, -0.2) is 0 Å². The van der Waals surface area contributed by atoms with Crippen molar-refractivity contribution in [2.24, 2.45) is 5.73 Å². The standard InChI is InChI=1S/C37H48BrN4O7PS2/c1-3-48-35(45)25-41-36(46)32(42-33(43)22-21-31(39)37(47)49-4-2)26-51-52-27-34(44)40-23-14-24-50(38,28-15-8-5-9-16-28,29-17-10-6-11-18-29)30-19-12-7-13-20-30/h5-13,15-20,31-32H,3-4,14,21-27,39H2,1-2H3,(H,40,44)(H,41,46)(H,42,43)/t31-,32-/m0/s1. The van der Waals surface area contributed by atoms with Crippen molar-refractivity contribution in [1.29, 1.82) is 0 Å². The molecule has 0 spiro atoms. The summed E-state index contributed by atoms with van der Waals surface area (Å²) in [7, 11) is 2.49. The van der Waals surface area contributed by atoms with Crippen molar-refractivity contribution in [3.8, 4) is 0 Å². The minimum atomic E-state index is -3.10. The molecule has 0 aliphatic carbocycles. The van der Waals surface area contributed by atoms with Crippen LogP contribution in [0.3, 0.4) is 0 Å². The van der Waals surface area contributed by atoms with Gasteiger partial charge in [-0.15, -0.1) is 0 Å². The molecule has 2 atom stereocenters. The van der Waals surface area contributed by atoms with E-state index in [1.54, 1.807) is 13.8 Å². The van der Waals surface area contributed by atoms with Crippen LogP contribution >= 0.6 is 42.4 Å². The molecule has 0 aliphatic rings. The van der Waals surface area contributed by atoms with Crippen LogP contribution in [0.5, 0.6) is 0 Å². The Balaban J connectivity index is 1.58. The quantitative estimate of drug-likeness (QED) is 0.0510. The Kier molecular flexibility index (Phi) is 18.1. The molecule has 0 saturated carbocycles. The predicted molar refractivity (Wildman–Crippen MR) is 217 cm³/mol. The second kappa shape index (κ2) is 21.9. The smallest absolute Gasteiger partial charge is 0.465 e. The minimum Gasteiger partial charge on any atom is -0.465 e. The van der Waals surface area contributed by atoms with E-state index < -0.39 is 41.1 Å². The van der Waals surface area contributed by atoms with E-state index in [-0.39, 0.29) is 50.0 Å². The van der Waals surface area contributed by atoms with Crippen LogP contribution < -0.4 is 37.6 Å². The molecule has 0 fully saturated rings. The van der Waals surface area contributed by atoms with Gasteiger partial charge in [0.1, 0.15) is 12.6 Å². The van der Waals surface area contributed by atoms with E-state index >= 15 is 0 Å². The number of nitrogens with two attached hydrogens (primary N) is 1. The monoisotopic (exact) mass is 834 g/mol. The van der Waals surface area contributed by atoms with Gasteiger partial charge in [-0.3, -0.25) is 14.4 Å². The van der Waals surface area contributed by atoms with Gasteiger partial charge in [0, 0.05) is 6.42 Å². The molecule has 3 amide bonds. The Morgan fingerprint density at radius 3 is 1.83 bits per heavy atom. The first-order valence-electron chi connectivity index (χ1n) is 17.1. The number of benzene rings is 3. The van der Waals surface area contributed by atoms with E-state index in [9.17, 15) is 24.0 Å². The van der Waals surface area contributed by atoms with Crippen LogP contribution in [0.1, 0.15) is 33.1 Å². The van der Waals surface area contributed by atoms with Crippen LogP contribution in [0.15, 0.2) is 91.0 Å². The molecular weight excluding hydrogens is 787 g/mol. The van der Waals surface area contributed by atoms with Gasteiger partial charge < -0.3 is 15.2 Å². The molecule has 3 aromatic rings. The van der Waals surface area contributed by atoms with E-state index in [4.69, 9.17) is 15.2 Å². The van der Waals surface area contributed by atoms with E-state index in [0.717, 1.165) is 6.16 Å². The molecule has 0 unspecified atom stereocenters. The van der Waals surface area contributed by atoms with E-state index in [1.807, 2.05) is 18.2 Å². The van der Waals surface area contributed by atoms with Gasteiger partial charge in [-0.2, -0.15) is 0 Å². The number of amides is 3. The summed E-state index contributed by atoms with van der Waals surface area (Å²) in [6.07, 6.45) is 1.41. The molecule has 282 valence electrons. The number of carbonyl (C=O) groups is 5. The van der Waals surface area contributed by atoms with E-state index in [2.05, 4.69) is 104 Å². The topological polar surface area (TPSA) is 166 Å². The molecule has 0 heterocycles. The summed E-state index contributed by atoms with van der Waals surface area (Å²) >= 11 is 4.43. The van der Waals surface area contributed by atoms with Gasteiger partial charge in [0.15, 0.2) is 0 Å². The van der Waals surface area contributed by atoms with Crippen LogP contribution in [0, 0.1) is 0 Å². The number of nitrogens with one attached hydrogen (secondary N) is 3. The first kappa shape index (κ1) is 43.0. The van der Waals surface area contributed by atoms with Crippen molar-refractivity contribution in [2.75, 3.05) is 44.0 Å². The van der Waals surface area contributed by atoms with Gasteiger partial charge >= 0.3 is 241 Å². The van der Waals surface area contributed by atoms with Crippen LogP contribution in [-0.4, -0.2) is 85.7 Å². The third kappa shape index (κ3) is 12.3. The summed E-state index contributed by atoms with van der Waals surface area (Å²) in [6, 6.07) is 29.4. The molecule has 15 heteroatoms. The van der Waals surface area contributed by atoms with Crippen molar-refractivity contribution in [3.63, 3.8) is 0 Å². The average Bonchev–Trinajstić information content (AvgIpc) is 3.17. The fourth-order valence-corrected chi connectivity index (χ4v) is 15.2. The Labute approximate surface area is 321 Å². The molecule has 0 bridgehead atoms. The second-order valence-electron chi connectivity index (χ2n) is 11.7. The molecule has 11 nitrogen and oxygen atoms in total. The van der Waals surface area contributed by atoms with Gasteiger partial charge in [-0.05, 0) is 20.3 Å². The fraction of sp³-hybridized carbons (Fsp3) is 0.378. The molecule has 52 heavy (non-hydrogen) atoms. The first-order valence-corrected chi connectivity index (χ1v) is 24.0.